The molecule has 3 aromatic rings. The Hall–Kier alpha value is -1.54. The van der Waals surface area contributed by atoms with E-state index in [9.17, 15) is 0 Å². The molecule has 3 rings (SSSR count). The molecule has 104 valence electrons. The molecule has 20 heavy (non-hydrogen) atoms. The van der Waals surface area contributed by atoms with Crippen molar-refractivity contribution in [3.05, 3.63) is 16.7 Å². The van der Waals surface area contributed by atoms with Crippen LogP contribution in [0.5, 0.6) is 0 Å². The molecular weight excluding hydrogens is 292 g/mol. The second-order valence-electron chi connectivity index (χ2n) is 5.48. The SMILES string of the molecule is CSc1ncnc2[nH]n3c(=S)c(C(C)(C)C)nnc3c12. The van der Waals surface area contributed by atoms with E-state index in [1.54, 1.807) is 16.3 Å². The molecule has 0 saturated heterocycles. The first-order chi connectivity index (χ1) is 9.43. The maximum absolute atomic E-state index is 5.54. The van der Waals surface area contributed by atoms with Gasteiger partial charge in [0, 0.05) is 5.41 Å². The monoisotopic (exact) mass is 306 g/mol. The summed E-state index contributed by atoms with van der Waals surface area (Å²) in [5.74, 6) is 0. The van der Waals surface area contributed by atoms with Crippen molar-refractivity contribution in [3.8, 4) is 0 Å². The number of nitrogens with one attached hydrogen (secondary N) is 1. The Bertz CT molecular complexity index is 858. The summed E-state index contributed by atoms with van der Waals surface area (Å²) in [7, 11) is 0. The van der Waals surface area contributed by atoms with Crippen LogP contribution in [-0.2, 0) is 5.41 Å². The second kappa shape index (κ2) is 4.49. The molecular formula is C12H14N6S2. The van der Waals surface area contributed by atoms with Crippen LogP contribution in [0.2, 0.25) is 0 Å². The Kier molecular flexibility index (Phi) is 3.02. The highest BCUT2D eigenvalue weighted by molar-refractivity contribution is 7.98. The smallest absolute Gasteiger partial charge is 0.189 e. The predicted octanol–water partition coefficient (Wildman–Crippen LogP) is 2.75. The first kappa shape index (κ1) is 13.4. The van der Waals surface area contributed by atoms with Crippen LogP contribution in [0.25, 0.3) is 16.7 Å². The molecule has 6 nitrogen and oxygen atoms in total. The number of nitrogens with zero attached hydrogens (tertiary/aromatic N) is 5. The minimum atomic E-state index is -0.156. The van der Waals surface area contributed by atoms with Crippen molar-refractivity contribution < 1.29 is 0 Å². The Morgan fingerprint density at radius 2 is 2.00 bits per heavy atom. The number of hydrogen-bond donors (Lipinski definition) is 1. The molecule has 8 heteroatoms. The van der Waals surface area contributed by atoms with Gasteiger partial charge < -0.3 is 0 Å². The third-order valence-corrected chi connectivity index (χ3v) is 4.09. The number of aromatic amines is 1. The van der Waals surface area contributed by atoms with Gasteiger partial charge in [0.1, 0.15) is 17.0 Å². The van der Waals surface area contributed by atoms with Crippen LogP contribution in [0.4, 0.5) is 0 Å². The van der Waals surface area contributed by atoms with Gasteiger partial charge in [-0.05, 0) is 6.26 Å². The fourth-order valence-electron chi connectivity index (χ4n) is 2.04. The summed E-state index contributed by atoms with van der Waals surface area (Å²) >= 11 is 7.08. The molecule has 0 aliphatic rings. The third-order valence-electron chi connectivity index (χ3n) is 3.02. The largest absolute Gasteiger partial charge is 0.274 e. The minimum Gasteiger partial charge on any atom is -0.274 e. The van der Waals surface area contributed by atoms with E-state index in [0.29, 0.717) is 10.3 Å². The zero-order chi connectivity index (χ0) is 14.5. The van der Waals surface area contributed by atoms with E-state index in [-0.39, 0.29) is 5.41 Å². The van der Waals surface area contributed by atoms with Gasteiger partial charge in [0.25, 0.3) is 0 Å². The van der Waals surface area contributed by atoms with Gasteiger partial charge in [0.05, 0.1) is 5.39 Å². The number of rotatable bonds is 1. The van der Waals surface area contributed by atoms with Crippen molar-refractivity contribution in [2.24, 2.45) is 0 Å². The molecule has 3 heterocycles. The van der Waals surface area contributed by atoms with E-state index in [4.69, 9.17) is 12.2 Å². The van der Waals surface area contributed by atoms with E-state index in [0.717, 1.165) is 21.8 Å². The summed E-state index contributed by atoms with van der Waals surface area (Å²) in [4.78, 5) is 8.51. The number of fused-ring (bicyclic) bond motifs is 3. The third kappa shape index (κ3) is 1.90. The Labute approximate surface area is 125 Å². The van der Waals surface area contributed by atoms with Crippen molar-refractivity contribution in [1.29, 1.82) is 0 Å². The van der Waals surface area contributed by atoms with E-state index in [2.05, 4.69) is 46.0 Å². The lowest BCUT2D eigenvalue weighted by molar-refractivity contribution is 0.548. The summed E-state index contributed by atoms with van der Waals surface area (Å²) < 4.78 is 2.40. The summed E-state index contributed by atoms with van der Waals surface area (Å²) in [5.41, 5.74) is 2.02. The van der Waals surface area contributed by atoms with Gasteiger partial charge >= 0.3 is 0 Å². The maximum Gasteiger partial charge on any atom is 0.189 e. The number of hydrogen-bond acceptors (Lipinski definition) is 6. The summed E-state index contributed by atoms with van der Waals surface area (Å²) in [6.45, 7) is 6.19. The normalized spacial score (nSPS) is 12.4. The van der Waals surface area contributed by atoms with Crippen molar-refractivity contribution >= 4 is 40.7 Å². The van der Waals surface area contributed by atoms with Crippen LogP contribution in [0.3, 0.4) is 0 Å². The van der Waals surface area contributed by atoms with E-state index in [1.807, 2.05) is 6.26 Å². The molecule has 0 amide bonds. The molecule has 0 aliphatic carbocycles. The van der Waals surface area contributed by atoms with Crippen LogP contribution >= 0.6 is 24.0 Å². The lowest BCUT2D eigenvalue weighted by atomic mass is 9.93. The van der Waals surface area contributed by atoms with Gasteiger partial charge in [-0.1, -0.05) is 33.0 Å². The zero-order valence-electron chi connectivity index (χ0n) is 11.6. The molecule has 0 aliphatic heterocycles. The van der Waals surface area contributed by atoms with E-state index >= 15 is 0 Å². The molecule has 0 unspecified atom stereocenters. The predicted molar refractivity (Wildman–Crippen MR) is 81.7 cm³/mol. The molecule has 3 aromatic heterocycles. The lowest BCUT2D eigenvalue weighted by Gasteiger charge is -2.16. The molecule has 0 saturated carbocycles. The fraction of sp³-hybridized carbons (Fsp3) is 0.417. The highest BCUT2D eigenvalue weighted by atomic mass is 32.2. The average Bonchev–Trinajstić information content (AvgIpc) is 2.77. The van der Waals surface area contributed by atoms with Gasteiger partial charge in [-0.3, -0.25) is 5.10 Å². The van der Waals surface area contributed by atoms with E-state index in [1.165, 1.54) is 6.33 Å². The second-order valence-corrected chi connectivity index (χ2v) is 6.66. The van der Waals surface area contributed by atoms with E-state index < -0.39 is 0 Å². The average molecular weight is 306 g/mol. The lowest BCUT2D eigenvalue weighted by Crippen LogP contribution is -2.17. The van der Waals surface area contributed by atoms with Gasteiger partial charge in [0.2, 0.25) is 0 Å². The summed E-state index contributed by atoms with van der Waals surface area (Å²) in [6.07, 6.45) is 3.50. The Morgan fingerprint density at radius 1 is 1.25 bits per heavy atom. The first-order valence-electron chi connectivity index (χ1n) is 6.10. The number of aromatic nitrogens is 6. The summed E-state index contributed by atoms with van der Waals surface area (Å²) in [6, 6.07) is 0. The quantitative estimate of drug-likeness (QED) is 0.423. The van der Waals surface area contributed by atoms with Crippen LogP contribution < -0.4 is 0 Å². The fourth-order valence-corrected chi connectivity index (χ4v) is 3.06. The zero-order valence-corrected chi connectivity index (χ0v) is 13.3. The topological polar surface area (TPSA) is 71.8 Å². The van der Waals surface area contributed by atoms with Crippen LogP contribution in [0.15, 0.2) is 11.4 Å². The molecule has 0 bridgehead atoms. The molecule has 1 N–H and O–H groups in total. The number of thioether (sulfide) groups is 1. The maximum atomic E-state index is 5.54. The first-order valence-corrected chi connectivity index (χ1v) is 7.73. The number of H-pyrrole nitrogens is 1. The van der Waals surface area contributed by atoms with Gasteiger partial charge in [-0.15, -0.1) is 22.0 Å². The van der Waals surface area contributed by atoms with Crippen molar-refractivity contribution in [1.82, 2.24) is 29.8 Å². The molecule has 0 fully saturated rings. The Morgan fingerprint density at radius 3 is 2.65 bits per heavy atom. The van der Waals surface area contributed by atoms with Crippen LogP contribution in [-0.4, -0.2) is 36.0 Å². The molecule has 0 atom stereocenters. The summed E-state index contributed by atoms with van der Waals surface area (Å²) in [5, 5.41) is 13.5. The minimum absolute atomic E-state index is 0.156. The molecule has 0 spiro atoms. The van der Waals surface area contributed by atoms with Gasteiger partial charge in [0.15, 0.2) is 15.9 Å². The highest BCUT2D eigenvalue weighted by Gasteiger charge is 2.21. The van der Waals surface area contributed by atoms with Crippen molar-refractivity contribution in [2.45, 2.75) is 31.2 Å². The van der Waals surface area contributed by atoms with Crippen molar-refractivity contribution in [2.75, 3.05) is 6.26 Å². The standard InChI is InChI=1S/C12H14N6S2/c1-12(2,3)7-11(19)18-9(16-15-7)6-8(17-18)13-5-14-10(6)20-4/h5H,1-4H3,(H,13,14,17). The molecule has 0 aromatic carbocycles. The van der Waals surface area contributed by atoms with Crippen molar-refractivity contribution in [3.63, 3.8) is 0 Å². The van der Waals surface area contributed by atoms with Gasteiger partial charge in [-0.2, -0.15) is 0 Å². The highest BCUT2D eigenvalue weighted by Crippen LogP contribution is 2.27. The Balaban J connectivity index is 2.47. The molecule has 0 radical (unpaired) electrons. The van der Waals surface area contributed by atoms with Crippen LogP contribution in [0.1, 0.15) is 26.5 Å². The van der Waals surface area contributed by atoms with Crippen LogP contribution in [0, 0.1) is 4.64 Å². The van der Waals surface area contributed by atoms with Gasteiger partial charge in [-0.25, -0.2) is 14.5 Å².